The van der Waals surface area contributed by atoms with Crippen molar-refractivity contribution < 1.29 is 14.3 Å². The van der Waals surface area contributed by atoms with Crippen molar-refractivity contribution in [1.82, 2.24) is 4.57 Å². The lowest BCUT2D eigenvalue weighted by atomic mass is 10.0. The van der Waals surface area contributed by atoms with Gasteiger partial charge in [0.15, 0.2) is 0 Å². The lowest BCUT2D eigenvalue weighted by Crippen LogP contribution is -2.24. The van der Waals surface area contributed by atoms with Crippen LogP contribution in [0.5, 0.6) is 0 Å². The van der Waals surface area contributed by atoms with Crippen molar-refractivity contribution in [3.05, 3.63) is 58.7 Å². The van der Waals surface area contributed by atoms with Gasteiger partial charge in [0.1, 0.15) is 11.1 Å². The molecule has 5 nitrogen and oxygen atoms in total. The first-order valence-corrected chi connectivity index (χ1v) is 5.99. The van der Waals surface area contributed by atoms with Crippen LogP contribution in [-0.4, -0.2) is 15.6 Å². The Bertz CT molecular complexity index is 873. The van der Waals surface area contributed by atoms with Crippen molar-refractivity contribution in [3.8, 4) is 11.1 Å². The number of benzene rings is 1. The summed E-state index contributed by atoms with van der Waals surface area (Å²) >= 11 is 0. The number of aromatic carboxylic acids is 1. The van der Waals surface area contributed by atoms with Gasteiger partial charge in [-0.05, 0) is 12.1 Å². The number of carboxylic acid groups (broad SMARTS) is 1. The maximum Gasteiger partial charge on any atom is 0.341 e. The SMILES string of the molecule is Cn1ccc(-c2coc3ccccc23)c(C(=O)O)c1=O. The number of hydrogen-bond donors (Lipinski definition) is 1. The quantitative estimate of drug-likeness (QED) is 0.775. The fourth-order valence-corrected chi connectivity index (χ4v) is 2.25. The number of nitrogens with zero attached hydrogens (tertiary/aromatic N) is 1. The molecule has 0 radical (unpaired) electrons. The van der Waals surface area contributed by atoms with Crippen molar-refractivity contribution in [1.29, 1.82) is 0 Å². The van der Waals surface area contributed by atoms with E-state index in [1.165, 1.54) is 17.9 Å². The van der Waals surface area contributed by atoms with Crippen LogP contribution in [-0.2, 0) is 7.05 Å². The summed E-state index contributed by atoms with van der Waals surface area (Å²) in [5.41, 5.74) is 0.836. The molecule has 3 aromatic rings. The summed E-state index contributed by atoms with van der Waals surface area (Å²) in [6.45, 7) is 0. The summed E-state index contributed by atoms with van der Waals surface area (Å²) in [5, 5.41) is 10.1. The summed E-state index contributed by atoms with van der Waals surface area (Å²) in [5.74, 6) is -1.24. The van der Waals surface area contributed by atoms with E-state index >= 15 is 0 Å². The molecule has 2 aromatic heterocycles. The number of fused-ring (bicyclic) bond motifs is 1. The Morgan fingerprint density at radius 2 is 1.95 bits per heavy atom. The van der Waals surface area contributed by atoms with Crippen molar-refractivity contribution >= 4 is 16.9 Å². The molecule has 5 heteroatoms. The Kier molecular flexibility index (Phi) is 2.68. The summed E-state index contributed by atoms with van der Waals surface area (Å²) in [7, 11) is 1.52. The van der Waals surface area contributed by atoms with Crippen molar-refractivity contribution in [2.24, 2.45) is 7.05 Å². The minimum absolute atomic E-state index is 0.249. The average molecular weight is 269 g/mol. The van der Waals surface area contributed by atoms with Crippen LogP contribution in [0.4, 0.5) is 0 Å². The number of pyridine rings is 1. The normalized spacial score (nSPS) is 10.8. The highest BCUT2D eigenvalue weighted by atomic mass is 16.4. The van der Waals surface area contributed by atoms with Gasteiger partial charge in [0.2, 0.25) is 0 Å². The molecule has 0 aliphatic rings. The van der Waals surface area contributed by atoms with Crippen molar-refractivity contribution in [3.63, 3.8) is 0 Å². The monoisotopic (exact) mass is 269 g/mol. The topological polar surface area (TPSA) is 72.4 Å². The van der Waals surface area contributed by atoms with Crippen LogP contribution in [0.15, 0.2) is 52.0 Å². The second kappa shape index (κ2) is 4.38. The Morgan fingerprint density at radius 1 is 1.20 bits per heavy atom. The number of aromatic nitrogens is 1. The standard InChI is InChI=1S/C15H11NO4/c1-16-7-6-10(13(14(16)17)15(18)19)11-8-20-12-5-3-2-4-9(11)12/h2-8H,1H3,(H,18,19). The molecule has 20 heavy (non-hydrogen) atoms. The lowest BCUT2D eigenvalue weighted by Gasteiger charge is -2.06. The van der Waals surface area contributed by atoms with Gasteiger partial charge in [-0.2, -0.15) is 0 Å². The zero-order chi connectivity index (χ0) is 14.3. The van der Waals surface area contributed by atoms with E-state index in [2.05, 4.69) is 0 Å². The minimum Gasteiger partial charge on any atom is -0.477 e. The number of rotatable bonds is 2. The van der Waals surface area contributed by atoms with Crippen LogP contribution in [0.2, 0.25) is 0 Å². The molecule has 0 spiro atoms. The highest BCUT2D eigenvalue weighted by Crippen LogP contribution is 2.31. The summed E-state index contributed by atoms with van der Waals surface area (Å²) in [4.78, 5) is 23.4. The molecule has 3 rings (SSSR count). The van der Waals surface area contributed by atoms with Gasteiger partial charge in [-0.3, -0.25) is 4.79 Å². The van der Waals surface area contributed by atoms with Crippen LogP contribution in [0, 0.1) is 0 Å². The number of carboxylic acids is 1. The molecule has 0 unspecified atom stereocenters. The van der Waals surface area contributed by atoms with Gasteiger partial charge in [0, 0.05) is 29.8 Å². The lowest BCUT2D eigenvalue weighted by molar-refractivity contribution is 0.0695. The Morgan fingerprint density at radius 3 is 2.70 bits per heavy atom. The molecule has 0 amide bonds. The van der Waals surface area contributed by atoms with Gasteiger partial charge in [0.05, 0.1) is 6.26 Å². The first-order chi connectivity index (χ1) is 9.59. The predicted octanol–water partition coefficient (Wildman–Crippen LogP) is 2.50. The van der Waals surface area contributed by atoms with Crippen LogP contribution in [0.25, 0.3) is 22.1 Å². The first kappa shape index (κ1) is 12.2. The molecular formula is C15H11NO4. The molecule has 0 aliphatic heterocycles. The van der Waals surface area contributed by atoms with E-state index in [0.717, 1.165) is 5.39 Å². The average Bonchev–Trinajstić information content (AvgIpc) is 2.85. The van der Waals surface area contributed by atoms with Gasteiger partial charge in [0.25, 0.3) is 5.56 Å². The number of furan rings is 1. The van der Waals surface area contributed by atoms with E-state index in [1.54, 1.807) is 18.3 Å². The number of para-hydroxylation sites is 1. The van der Waals surface area contributed by atoms with Gasteiger partial charge in [-0.25, -0.2) is 4.79 Å². The van der Waals surface area contributed by atoms with Gasteiger partial charge < -0.3 is 14.1 Å². The fourth-order valence-electron chi connectivity index (χ4n) is 2.25. The van der Waals surface area contributed by atoms with E-state index in [4.69, 9.17) is 4.42 Å². The second-order valence-electron chi connectivity index (χ2n) is 4.47. The van der Waals surface area contributed by atoms with Crippen LogP contribution in [0.1, 0.15) is 10.4 Å². The third-order valence-electron chi connectivity index (χ3n) is 3.25. The van der Waals surface area contributed by atoms with Gasteiger partial charge in [-0.1, -0.05) is 18.2 Å². The van der Waals surface area contributed by atoms with E-state index in [1.807, 2.05) is 18.2 Å². The Labute approximate surface area is 113 Å². The van der Waals surface area contributed by atoms with E-state index in [-0.39, 0.29) is 5.56 Å². The largest absolute Gasteiger partial charge is 0.477 e. The zero-order valence-electron chi connectivity index (χ0n) is 10.7. The highest BCUT2D eigenvalue weighted by Gasteiger charge is 2.20. The predicted molar refractivity (Wildman–Crippen MR) is 73.9 cm³/mol. The number of hydrogen-bond acceptors (Lipinski definition) is 3. The molecule has 2 heterocycles. The van der Waals surface area contributed by atoms with Crippen molar-refractivity contribution in [2.75, 3.05) is 0 Å². The molecule has 0 atom stereocenters. The maximum atomic E-state index is 12.0. The molecule has 0 aliphatic carbocycles. The fraction of sp³-hybridized carbons (Fsp3) is 0.0667. The first-order valence-electron chi connectivity index (χ1n) is 5.99. The van der Waals surface area contributed by atoms with Crippen LogP contribution < -0.4 is 5.56 Å². The second-order valence-corrected chi connectivity index (χ2v) is 4.47. The van der Waals surface area contributed by atoms with Crippen LogP contribution >= 0.6 is 0 Å². The minimum atomic E-state index is -1.24. The molecule has 0 saturated carbocycles. The summed E-state index contributed by atoms with van der Waals surface area (Å²) in [6, 6.07) is 8.90. The molecule has 0 bridgehead atoms. The third-order valence-corrected chi connectivity index (χ3v) is 3.25. The smallest absolute Gasteiger partial charge is 0.341 e. The third kappa shape index (κ3) is 1.72. The number of aryl methyl sites for hydroxylation is 1. The Balaban J connectivity index is 2.38. The zero-order valence-corrected chi connectivity index (χ0v) is 10.7. The molecule has 100 valence electrons. The highest BCUT2D eigenvalue weighted by molar-refractivity contribution is 6.02. The van der Waals surface area contributed by atoms with Gasteiger partial charge in [-0.15, -0.1) is 0 Å². The summed E-state index contributed by atoms with van der Waals surface area (Å²) < 4.78 is 6.65. The molecule has 0 fully saturated rings. The summed E-state index contributed by atoms with van der Waals surface area (Å²) in [6.07, 6.45) is 3.03. The van der Waals surface area contributed by atoms with E-state index in [0.29, 0.717) is 16.7 Å². The van der Waals surface area contributed by atoms with Crippen LogP contribution in [0.3, 0.4) is 0 Å². The maximum absolute atomic E-state index is 12.0. The molecule has 1 aromatic carbocycles. The van der Waals surface area contributed by atoms with E-state index in [9.17, 15) is 14.7 Å². The molecule has 0 saturated heterocycles. The number of carbonyl (C=O) groups is 1. The van der Waals surface area contributed by atoms with Crippen molar-refractivity contribution in [2.45, 2.75) is 0 Å². The van der Waals surface area contributed by atoms with Gasteiger partial charge >= 0.3 is 5.97 Å². The van der Waals surface area contributed by atoms with E-state index < -0.39 is 11.5 Å². The molecular weight excluding hydrogens is 258 g/mol. The molecule has 1 N–H and O–H groups in total. The Hall–Kier alpha value is -2.82.